The van der Waals surface area contributed by atoms with E-state index in [0.29, 0.717) is 10.8 Å². The molecule has 0 fully saturated rings. The molecule has 1 amide bonds. The van der Waals surface area contributed by atoms with Crippen molar-refractivity contribution < 1.29 is 19.4 Å². The number of amides is 1. The van der Waals surface area contributed by atoms with Crippen LogP contribution < -0.4 is 10.1 Å². The van der Waals surface area contributed by atoms with E-state index >= 15 is 0 Å². The number of rotatable bonds is 5. The number of benzene rings is 1. The van der Waals surface area contributed by atoms with Gasteiger partial charge in [0.25, 0.3) is 5.91 Å². The molecule has 0 aliphatic heterocycles. The van der Waals surface area contributed by atoms with Gasteiger partial charge in [0.1, 0.15) is 12.3 Å². The van der Waals surface area contributed by atoms with Crippen LogP contribution in [0.5, 0.6) is 5.75 Å². The van der Waals surface area contributed by atoms with Crippen LogP contribution in [-0.2, 0) is 9.59 Å². The molecule has 0 saturated carbocycles. The number of carbonyl (C=O) groups is 2. The van der Waals surface area contributed by atoms with Crippen molar-refractivity contribution in [2.45, 2.75) is 13.0 Å². The highest BCUT2D eigenvalue weighted by atomic mass is 35.5. The summed E-state index contributed by atoms with van der Waals surface area (Å²) in [5.41, 5.74) is 0. The number of nitrogens with one attached hydrogen (secondary N) is 1. The molecule has 0 bridgehead atoms. The maximum Gasteiger partial charge on any atom is 0.322 e. The molecule has 6 heteroatoms. The highest BCUT2D eigenvalue weighted by Crippen LogP contribution is 2.16. The Morgan fingerprint density at radius 2 is 2.00 bits per heavy atom. The summed E-state index contributed by atoms with van der Waals surface area (Å²) in [6, 6.07) is 6.53. The lowest BCUT2D eigenvalue weighted by molar-refractivity contribution is -0.139. The molecule has 0 aromatic heterocycles. The van der Waals surface area contributed by atoms with E-state index in [4.69, 9.17) is 21.4 Å². The van der Waals surface area contributed by atoms with E-state index in [1.807, 2.05) is 0 Å². The Bertz CT molecular complexity index is 404. The van der Waals surface area contributed by atoms with Gasteiger partial charge in [0.05, 0.1) is 0 Å². The number of carboxylic acids is 1. The fourth-order valence-electron chi connectivity index (χ4n) is 1.08. The molecule has 2 N–H and O–H groups in total. The smallest absolute Gasteiger partial charge is 0.322 e. The molecule has 17 heavy (non-hydrogen) atoms. The van der Waals surface area contributed by atoms with Crippen molar-refractivity contribution in [3.63, 3.8) is 0 Å². The highest BCUT2D eigenvalue weighted by molar-refractivity contribution is 6.30. The number of halogens is 1. The van der Waals surface area contributed by atoms with Crippen molar-refractivity contribution in [2.75, 3.05) is 6.54 Å². The number of hydrogen-bond donors (Lipinski definition) is 2. The molecule has 0 aliphatic rings. The molecule has 0 radical (unpaired) electrons. The van der Waals surface area contributed by atoms with E-state index in [9.17, 15) is 9.59 Å². The monoisotopic (exact) mass is 257 g/mol. The number of hydrogen-bond acceptors (Lipinski definition) is 3. The van der Waals surface area contributed by atoms with Crippen LogP contribution in [0.3, 0.4) is 0 Å². The second-order valence-corrected chi connectivity index (χ2v) is 3.76. The molecule has 1 rings (SSSR count). The van der Waals surface area contributed by atoms with Crippen LogP contribution in [0.2, 0.25) is 5.02 Å². The van der Waals surface area contributed by atoms with Crippen molar-refractivity contribution >= 4 is 23.5 Å². The summed E-state index contributed by atoms with van der Waals surface area (Å²) in [5.74, 6) is -1.09. The van der Waals surface area contributed by atoms with Gasteiger partial charge in [-0.2, -0.15) is 0 Å². The van der Waals surface area contributed by atoms with Crippen LogP contribution in [0.15, 0.2) is 24.3 Å². The Hall–Kier alpha value is -1.75. The van der Waals surface area contributed by atoms with Crippen molar-refractivity contribution in [2.24, 2.45) is 0 Å². The highest BCUT2D eigenvalue weighted by Gasteiger charge is 2.14. The third-order valence-corrected chi connectivity index (χ3v) is 2.16. The molecule has 92 valence electrons. The second-order valence-electron chi connectivity index (χ2n) is 3.33. The predicted octanol–water partition coefficient (Wildman–Crippen LogP) is 1.31. The van der Waals surface area contributed by atoms with Gasteiger partial charge in [0.2, 0.25) is 0 Å². The van der Waals surface area contributed by atoms with Crippen molar-refractivity contribution in [1.29, 1.82) is 0 Å². The largest absolute Gasteiger partial charge is 0.481 e. The van der Waals surface area contributed by atoms with Crippen molar-refractivity contribution in [1.82, 2.24) is 5.32 Å². The third kappa shape index (κ3) is 4.74. The van der Waals surface area contributed by atoms with Crippen LogP contribution in [0.1, 0.15) is 6.92 Å². The van der Waals surface area contributed by atoms with E-state index in [2.05, 4.69) is 5.32 Å². The maximum atomic E-state index is 11.4. The first-order valence-corrected chi connectivity index (χ1v) is 5.28. The molecular formula is C11H12ClNO4. The SMILES string of the molecule is CC(Oc1ccc(Cl)cc1)C(=O)NCC(=O)O. The normalized spacial score (nSPS) is 11.6. The zero-order chi connectivity index (χ0) is 12.8. The molecule has 0 spiro atoms. The summed E-state index contributed by atoms with van der Waals surface area (Å²) in [6.07, 6.45) is -0.768. The summed E-state index contributed by atoms with van der Waals surface area (Å²) >= 11 is 5.70. The molecule has 1 atom stereocenters. The molecule has 0 saturated heterocycles. The molecule has 5 nitrogen and oxygen atoms in total. The second kappa shape index (κ2) is 6.10. The van der Waals surface area contributed by atoms with E-state index in [1.165, 1.54) is 6.92 Å². The van der Waals surface area contributed by atoms with E-state index < -0.39 is 24.5 Å². The first-order valence-electron chi connectivity index (χ1n) is 4.91. The van der Waals surface area contributed by atoms with Crippen LogP contribution in [-0.4, -0.2) is 29.6 Å². The van der Waals surface area contributed by atoms with Gasteiger partial charge in [0, 0.05) is 5.02 Å². The Labute approximate surface area is 103 Å². The minimum Gasteiger partial charge on any atom is -0.481 e. The standard InChI is InChI=1S/C11H12ClNO4/c1-7(11(16)13-6-10(14)15)17-9-4-2-8(12)3-5-9/h2-5,7H,6H2,1H3,(H,13,16)(H,14,15). The lowest BCUT2D eigenvalue weighted by atomic mass is 10.3. The molecule has 0 aliphatic carbocycles. The first-order chi connectivity index (χ1) is 7.99. The maximum absolute atomic E-state index is 11.4. The Kier molecular flexibility index (Phi) is 4.78. The molecule has 1 aromatic rings. The van der Waals surface area contributed by atoms with Crippen LogP contribution >= 0.6 is 11.6 Å². The van der Waals surface area contributed by atoms with Gasteiger partial charge in [-0.1, -0.05) is 11.6 Å². The topological polar surface area (TPSA) is 75.6 Å². The number of aliphatic carboxylic acids is 1. The lowest BCUT2D eigenvalue weighted by Gasteiger charge is -2.13. The van der Waals surface area contributed by atoms with Crippen LogP contribution in [0, 0.1) is 0 Å². The fourth-order valence-corrected chi connectivity index (χ4v) is 1.20. The summed E-state index contributed by atoms with van der Waals surface area (Å²) in [5, 5.41) is 11.2. The van der Waals surface area contributed by atoms with Gasteiger partial charge >= 0.3 is 5.97 Å². The zero-order valence-corrected chi connectivity index (χ0v) is 9.90. The van der Waals surface area contributed by atoms with Gasteiger partial charge in [-0.25, -0.2) is 0 Å². The zero-order valence-electron chi connectivity index (χ0n) is 9.14. The van der Waals surface area contributed by atoms with Gasteiger partial charge < -0.3 is 15.2 Å². The quantitative estimate of drug-likeness (QED) is 0.834. The first kappa shape index (κ1) is 13.3. The third-order valence-electron chi connectivity index (χ3n) is 1.91. The van der Waals surface area contributed by atoms with Crippen molar-refractivity contribution in [3.8, 4) is 5.75 Å². The average Bonchev–Trinajstić information content (AvgIpc) is 2.28. The van der Waals surface area contributed by atoms with E-state index in [0.717, 1.165) is 0 Å². The fraction of sp³-hybridized carbons (Fsp3) is 0.273. The van der Waals surface area contributed by atoms with E-state index in [-0.39, 0.29) is 0 Å². The average molecular weight is 258 g/mol. The summed E-state index contributed by atoms with van der Waals surface area (Å²) < 4.78 is 5.30. The van der Waals surface area contributed by atoms with Crippen molar-refractivity contribution in [3.05, 3.63) is 29.3 Å². The van der Waals surface area contributed by atoms with Gasteiger partial charge in [-0.05, 0) is 31.2 Å². The van der Waals surface area contributed by atoms with Crippen LogP contribution in [0.4, 0.5) is 0 Å². The van der Waals surface area contributed by atoms with Crippen LogP contribution in [0.25, 0.3) is 0 Å². The molecule has 1 unspecified atom stereocenters. The number of carbonyl (C=O) groups excluding carboxylic acids is 1. The predicted molar refractivity (Wildman–Crippen MR) is 62.2 cm³/mol. The number of carboxylic acid groups (broad SMARTS) is 1. The Morgan fingerprint density at radius 1 is 1.41 bits per heavy atom. The van der Waals surface area contributed by atoms with Gasteiger partial charge in [0.15, 0.2) is 6.10 Å². The summed E-state index contributed by atoms with van der Waals surface area (Å²) in [7, 11) is 0. The Morgan fingerprint density at radius 3 is 2.53 bits per heavy atom. The minimum atomic E-state index is -1.10. The molecule has 1 aromatic carbocycles. The van der Waals surface area contributed by atoms with Gasteiger partial charge in [-0.15, -0.1) is 0 Å². The molecule has 0 heterocycles. The van der Waals surface area contributed by atoms with E-state index in [1.54, 1.807) is 24.3 Å². The Balaban J connectivity index is 2.48. The number of ether oxygens (including phenoxy) is 1. The minimum absolute atomic E-state index is 0.423. The van der Waals surface area contributed by atoms with Gasteiger partial charge in [-0.3, -0.25) is 9.59 Å². The summed E-state index contributed by atoms with van der Waals surface area (Å²) in [4.78, 5) is 21.6. The molecular weight excluding hydrogens is 246 g/mol. The lowest BCUT2D eigenvalue weighted by Crippen LogP contribution is -2.39. The summed E-state index contributed by atoms with van der Waals surface area (Å²) in [6.45, 7) is 1.11.